The minimum Gasteiger partial charge on any atom is -0.493 e. The zero-order valence-electron chi connectivity index (χ0n) is 10.8. The number of benzene rings is 1. The van der Waals surface area contributed by atoms with Crippen molar-refractivity contribution in [3.63, 3.8) is 0 Å². The highest BCUT2D eigenvalue weighted by Crippen LogP contribution is 2.16. The second-order valence-corrected chi connectivity index (χ2v) is 4.30. The Morgan fingerprint density at radius 1 is 1.20 bits per heavy atom. The molecular weight excluding hydrogens is 277 g/mol. The molecule has 4 heteroatoms. The summed E-state index contributed by atoms with van der Waals surface area (Å²) in [6.07, 6.45) is 4.22. The van der Waals surface area contributed by atoms with Crippen LogP contribution in [0.15, 0.2) is 42.7 Å². The van der Waals surface area contributed by atoms with Crippen molar-refractivity contribution >= 4 is 11.6 Å². The van der Waals surface area contributed by atoms with Crippen molar-refractivity contribution in [2.75, 3.05) is 12.5 Å². The van der Waals surface area contributed by atoms with Gasteiger partial charge in [0.15, 0.2) is 0 Å². The van der Waals surface area contributed by atoms with Crippen LogP contribution in [0.2, 0.25) is 0 Å². The van der Waals surface area contributed by atoms with Gasteiger partial charge in [0.25, 0.3) is 0 Å². The third-order valence-electron chi connectivity index (χ3n) is 2.64. The lowest BCUT2D eigenvalue weighted by Gasteiger charge is -2.06. The van der Waals surface area contributed by atoms with Gasteiger partial charge in [0.05, 0.1) is 18.1 Å². The molecule has 1 aromatic heterocycles. The Kier molecular flexibility index (Phi) is 5.40. The van der Waals surface area contributed by atoms with Gasteiger partial charge >= 0.3 is 0 Å². The summed E-state index contributed by atoms with van der Waals surface area (Å²) in [5, 5.41) is 0. The van der Waals surface area contributed by atoms with Crippen molar-refractivity contribution in [1.82, 2.24) is 4.98 Å². The van der Waals surface area contributed by atoms with Gasteiger partial charge in [-0.2, -0.15) is 0 Å². The van der Waals surface area contributed by atoms with E-state index in [0.29, 0.717) is 17.9 Å². The van der Waals surface area contributed by atoms with Crippen LogP contribution in [-0.2, 0) is 6.42 Å². The maximum absolute atomic E-state index is 13.7. The van der Waals surface area contributed by atoms with Crippen molar-refractivity contribution in [1.29, 1.82) is 0 Å². The van der Waals surface area contributed by atoms with Gasteiger partial charge in [-0.3, -0.25) is 4.98 Å². The van der Waals surface area contributed by atoms with Crippen LogP contribution in [0.3, 0.4) is 0 Å². The zero-order valence-corrected chi connectivity index (χ0v) is 11.5. The minimum atomic E-state index is -0.399. The number of aromatic nitrogens is 1. The predicted molar refractivity (Wildman–Crippen MR) is 77.4 cm³/mol. The molecule has 0 radical (unpaired) electrons. The molecule has 0 aliphatic heterocycles. The molecule has 1 aromatic carbocycles. The summed E-state index contributed by atoms with van der Waals surface area (Å²) in [6.45, 7) is 0.482. The summed E-state index contributed by atoms with van der Waals surface area (Å²) in [5.74, 6) is 5.55. The summed E-state index contributed by atoms with van der Waals surface area (Å²) in [5.41, 5.74) is 1.46. The molecule has 0 aliphatic carbocycles. The quantitative estimate of drug-likeness (QED) is 0.635. The molecule has 0 N–H and O–H groups in total. The first-order chi connectivity index (χ1) is 9.79. The molecule has 0 amide bonds. The molecule has 0 atom stereocenters. The van der Waals surface area contributed by atoms with Crippen LogP contribution in [0.25, 0.3) is 0 Å². The van der Waals surface area contributed by atoms with Crippen LogP contribution in [0.5, 0.6) is 5.75 Å². The number of hydrogen-bond acceptors (Lipinski definition) is 2. The lowest BCUT2D eigenvalue weighted by molar-refractivity contribution is 0.320. The van der Waals surface area contributed by atoms with E-state index in [9.17, 15) is 4.39 Å². The van der Waals surface area contributed by atoms with Gasteiger partial charge in [0, 0.05) is 24.9 Å². The summed E-state index contributed by atoms with van der Waals surface area (Å²) >= 11 is 5.44. The molecule has 0 spiro atoms. The lowest BCUT2D eigenvalue weighted by Crippen LogP contribution is -2.01. The van der Waals surface area contributed by atoms with Gasteiger partial charge in [0.2, 0.25) is 0 Å². The fourth-order valence-electron chi connectivity index (χ4n) is 1.65. The number of ether oxygens (including phenoxy) is 1. The van der Waals surface area contributed by atoms with E-state index in [1.165, 1.54) is 6.07 Å². The molecule has 20 heavy (non-hydrogen) atoms. The monoisotopic (exact) mass is 289 g/mol. The summed E-state index contributed by atoms with van der Waals surface area (Å²) in [4.78, 5) is 3.94. The maximum Gasteiger partial charge on any atom is 0.142 e. The largest absolute Gasteiger partial charge is 0.493 e. The average molecular weight is 290 g/mol. The zero-order chi connectivity index (χ0) is 14.2. The molecule has 102 valence electrons. The molecule has 0 fully saturated rings. The molecule has 0 saturated heterocycles. The molecule has 2 rings (SSSR count). The van der Waals surface area contributed by atoms with Crippen molar-refractivity contribution in [2.24, 2.45) is 0 Å². The van der Waals surface area contributed by atoms with E-state index in [1.807, 2.05) is 12.1 Å². The number of halogens is 2. The van der Waals surface area contributed by atoms with E-state index in [1.54, 1.807) is 24.5 Å². The number of pyridine rings is 1. The lowest BCUT2D eigenvalue weighted by atomic mass is 10.2. The Bertz CT molecular complexity index is 619. The molecule has 2 nitrogen and oxygen atoms in total. The Morgan fingerprint density at radius 2 is 2.00 bits per heavy atom. The van der Waals surface area contributed by atoms with Crippen LogP contribution >= 0.6 is 11.6 Å². The first-order valence-corrected chi connectivity index (χ1v) is 6.69. The fraction of sp³-hybridized carbons (Fsp3) is 0.188. The van der Waals surface area contributed by atoms with Gasteiger partial charge in [-0.05, 0) is 29.8 Å². The van der Waals surface area contributed by atoms with Crippen LogP contribution in [0.1, 0.15) is 11.1 Å². The molecule has 0 unspecified atom stereocenters. The summed E-state index contributed by atoms with van der Waals surface area (Å²) < 4.78 is 19.2. The van der Waals surface area contributed by atoms with Gasteiger partial charge < -0.3 is 4.74 Å². The second kappa shape index (κ2) is 7.52. The number of rotatable bonds is 4. The highest BCUT2D eigenvalue weighted by molar-refractivity contribution is 6.19. The van der Waals surface area contributed by atoms with E-state index in [0.717, 1.165) is 12.0 Å². The van der Waals surface area contributed by atoms with Gasteiger partial charge in [0.1, 0.15) is 11.6 Å². The van der Waals surface area contributed by atoms with Crippen LogP contribution in [0.4, 0.5) is 4.39 Å². The molecule has 0 bridgehead atoms. The van der Waals surface area contributed by atoms with Crippen molar-refractivity contribution in [3.8, 4) is 17.6 Å². The first kappa shape index (κ1) is 14.4. The Balaban J connectivity index is 1.92. The summed E-state index contributed by atoms with van der Waals surface area (Å²) in [7, 11) is 0. The number of alkyl halides is 1. The predicted octanol–water partition coefficient (Wildman–Crippen LogP) is 3.43. The van der Waals surface area contributed by atoms with Gasteiger partial charge in [-0.15, -0.1) is 11.6 Å². The first-order valence-electron chi connectivity index (χ1n) is 6.15. The third-order valence-corrected chi connectivity index (χ3v) is 2.77. The average Bonchev–Trinajstić information content (AvgIpc) is 2.47. The van der Waals surface area contributed by atoms with Crippen LogP contribution in [-0.4, -0.2) is 17.5 Å². The highest BCUT2D eigenvalue weighted by Gasteiger charge is 2.02. The van der Waals surface area contributed by atoms with E-state index < -0.39 is 5.82 Å². The van der Waals surface area contributed by atoms with Gasteiger partial charge in [-0.1, -0.05) is 11.8 Å². The normalized spacial score (nSPS) is 9.70. The van der Waals surface area contributed by atoms with E-state index in [-0.39, 0.29) is 5.88 Å². The molecule has 1 heterocycles. The number of hydrogen-bond donors (Lipinski definition) is 0. The van der Waals surface area contributed by atoms with Crippen molar-refractivity contribution < 1.29 is 9.13 Å². The summed E-state index contributed by atoms with van der Waals surface area (Å²) in [6, 6.07) is 8.49. The van der Waals surface area contributed by atoms with Crippen LogP contribution < -0.4 is 4.74 Å². The van der Waals surface area contributed by atoms with E-state index in [2.05, 4.69) is 16.8 Å². The second-order valence-electron chi connectivity index (χ2n) is 4.03. The maximum atomic E-state index is 13.7. The Labute approximate surface area is 122 Å². The topological polar surface area (TPSA) is 22.1 Å². The SMILES string of the molecule is Fc1cc(OCCc2ccncc2)ccc1C#CCCl. The third kappa shape index (κ3) is 4.25. The molecule has 0 aliphatic rings. The minimum absolute atomic E-state index is 0.184. The smallest absolute Gasteiger partial charge is 0.142 e. The molecular formula is C16H13ClFNO. The van der Waals surface area contributed by atoms with Crippen LogP contribution in [0, 0.1) is 17.7 Å². The van der Waals surface area contributed by atoms with Crippen molar-refractivity contribution in [3.05, 3.63) is 59.7 Å². The number of nitrogens with zero attached hydrogens (tertiary/aromatic N) is 1. The van der Waals surface area contributed by atoms with Gasteiger partial charge in [-0.25, -0.2) is 4.39 Å². The van der Waals surface area contributed by atoms with Crippen molar-refractivity contribution in [2.45, 2.75) is 6.42 Å². The fourth-order valence-corrected chi connectivity index (χ4v) is 1.72. The molecule has 2 aromatic rings. The Hall–Kier alpha value is -2.05. The Morgan fingerprint density at radius 3 is 2.70 bits per heavy atom. The van der Waals surface area contributed by atoms with E-state index in [4.69, 9.17) is 16.3 Å². The standard InChI is InChI=1S/C16H13ClFNO/c17-8-1-2-14-3-4-15(12-16(14)18)20-11-7-13-5-9-19-10-6-13/h3-6,9-10,12H,7-8,11H2. The molecule has 0 saturated carbocycles. The van der Waals surface area contributed by atoms with E-state index >= 15 is 0 Å². The highest BCUT2D eigenvalue weighted by atomic mass is 35.5.